The minimum Gasteiger partial charge on any atom is -0.0616 e. The van der Waals surface area contributed by atoms with Gasteiger partial charge in [0.15, 0.2) is 0 Å². The molecule has 0 atom stereocenters. The lowest BCUT2D eigenvalue weighted by atomic mass is 9.81. The molecule has 12 rings (SSSR count). The van der Waals surface area contributed by atoms with Gasteiger partial charge in [0.2, 0.25) is 0 Å². The minimum atomic E-state index is 1.21. The fourth-order valence-corrected chi connectivity index (χ4v) is 9.80. The van der Waals surface area contributed by atoms with Crippen molar-refractivity contribution in [1.29, 1.82) is 0 Å². The van der Waals surface area contributed by atoms with Crippen molar-refractivity contribution in [1.82, 2.24) is 0 Å². The van der Waals surface area contributed by atoms with Crippen LogP contribution in [0.2, 0.25) is 0 Å². The highest BCUT2D eigenvalue weighted by molar-refractivity contribution is 6.28. The molecular formula is C58H36. The number of rotatable bonds is 4. The Morgan fingerprint density at radius 1 is 0.172 bits per heavy atom. The first-order valence-corrected chi connectivity index (χ1v) is 20.2. The molecule has 0 amide bonds. The summed E-state index contributed by atoms with van der Waals surface area (Å²) >= 11 is 0. The molecule has 0 radical (unpaired) electrons. The lowest BCUT2D eigenvalue weighted by molar-refractivity contribution is 1.66. The molecule has 0 saturated carbocycles. The summed E-state index contributed by atoms with van der Waals surface area (Å²) in [5.41, 5.74) is 9.95. The number of fused-ring (bicyclic) bond motifs is 8. The van der Waals surface area contributed by atoms with Crippen LogP contribution in [0.4, 0.5) is 0 Å². The van der Waals surface area contributed by atoms with Gasteiger partial charge in [-0.2, -0.15) is 0 Å². The highest BCUT2D eigenvalue weighted by Crippen LogP contribution is 2.50. The van der Waals surface area contributed by atoms with Crippen molar-refractivity contribution in [2.24, 2.45) is 0 Å². The van der Waals surface area contributed by atoms with Crippen LogP contribution in [0.25, 0.3) is 120 Å². The fraction of sp³-hybridized carbons (Fsp3) is 0. The Balaban J connectivity index is 1.29. The Bertz CT molecular complexity index is 3610. The van der Waals surface area contributed by atoms with E-state index in [0.29, 0.717) is 0 Å². The van der Waals surface area contributed by atoms with Crippen LogP contribution in [0.1, 0.15) is 0 Å². The second kappa shape index (κ2) is 13.0. The molecule has 268 valence electrons. The van der Waals surface area contributed by atoms with Gasteiger partial charge in [0.25, 0.3) is 0 Å². The van der Waals surface area contributed by atoms with Crippen LogP contribution in [-0.4, -0.2) is 0 Å². The van der Waals surface area contributed by atoms with Crippen molar-refractivity contribution in [3.05, 3.63) is 218 Å². The lowest BCUT2D eigenvalue weighted by Gasteiger charge is -2.22. The van der Waals surface area contributed by atoms with Gasteiger partial charge >= 0.3 is 0 Å². The van der Waals surface area contributed by atoms with Gasteiger partial charge in [0, 0.05) is 0 Å². The first-order chi connectivity index (χ1) is 28.8. The van der Waals surface area contributed by atoms with Crippen molar-refractivity contribution in [3.63, 3.8) is 0 Å². The zero-order valence-corrected chi connectivity index (χ0v) is 31.8. The SMILES string of the molecule is c1ccc2c(-c3ccc4c(-c5cc6ccccc6c6ccccc56)c5cc(-c6cccc7ccccc67)ccc5c(-c5cccc6ccccc56)c4c3)cccc2c1. The quantitative estimate of drug-likeness (QED) is 0.125. The van der Waals surface area contributed by atoms with E-state index in [2.05, 4.69) is 218 Å². The average molecular weight is 733 g/mol. The molecule has 0 nitrogen and oxygen atoms in total. The predicted molar refractivity (Wildman–Crippen MR) is 251 cm³/mol. The van der Waals surface area contributed by atoms with E-state index in [9.17, 15) is 0 Å². The molecule has 0 aliphatic rings. The standard InChI is InChI=1S/C58H36/c1-5-21-43-37(14-1)18-11-27-46(43)41-31-33-53-55(35-41)57(51-29-13-20-39-16-3-7-23-45(39)51)52-32-30-42(47-28-12-19-38-15-2-6-22-44(38)47)36-56(52)58(53)54-34-40-17-4-8-24-48(40)49-25-9-10-26-50(49)54/h1-36H. The summed E-state index contributed by atoms with van der Waals surface area (Å²) in [7, 11) is 0. The Kier molecular flexibility index (Phi) is 7.33. The third-order valence-corrected chi connectivity index (χ3v) is 12.4. The van der Waals surface area contributed by atoms with Gasteiger partial charge in [-0.1, -0.05) is 200 Å². The highest BCUT2D eigenvalue weighted by atomic mass is 14.2. The average Bonchev–Trinajstić information content (AvgIpc) is 3.30. The van der Waals surface area contributed by atoms with E-state index < -0.39 is 0 Å². The monoisotopic (exact) mass is 732 g/mol. The van der Waals surface area contributed by atoms with E-state index in [0.717, 1.165) is 0 Å². The largest absolute Gasteiger partial charge is 0.0616 e. The first-order valence-electron chi connectivity index (χ1n) is 20.2. The van der Waals surface area contributed by atoms with Crippen LogP contribution >= 0.6 is 0 Å². The Morgan fingerprint density at radius 2 is 0.552 bits per heavy atom. The third-order valence-electron chi connectivity index (χ3n) is 12.4. The van der Waals surface area contributed by atoms with Gasteiger partial charge in [-0.15, -0.1) is 0 Å². The lowest BCUT2D eigenvalue weighted by Crippen LogP contribution is -1.94. The molecule has 0 spiro atoms. The minimum absolute atomic E-state index is 1.21. The van der Waals surface area contributed by atoms with Crippen LogP contribution in [-0.2, 0) is 0 Å². The normalized spacial score (nSPS) is 11.8. The summed E-state index contributed by atoms with van der Waals surface area (Å²) in [5.74, 6) is 0. The molecule has 0 fully saturated rings. The van der Waals surface area contributed by atoms with E-state index >= 15 is 0 Å². The molecule has 0 unspecified atom stereocenters. The topological polar surface area (TPSA) is 0 Å². The molecule has 0 aliphatic heterocycles. The number of hydrogen-bond donors (Lipinski definition) is 0. The maximum Gasteiger partial charge on any atom is -0.00197 e. The Morgan fingerprint density at radius 3 is 1.09 bits per heavy atom. The summed E-state index contributed by atoms with van der Waals surface area (Å²) in [6, 6.07) is 81.2. The number of benzene rings is 12. The predicted octanol–water partition coefficient (Wildman–Crippen LogP) is 16.4. The van der Waals surface area contributed by atoms with Crippen LogP contribution in [0.5, 0.6) is 0 Å². The van der Waals surface area contributed by atoms with Crippen molar-refractivity contribution in [2.75, 3.05) is 0 Å². The Hall–Kier alpha value is -7.54. The summed E-state index contributed by atoms with van der Waals surface area (Å²) < 4.78 is 0. The zero-order chi connectivity index (χ0) is 38.2. The van der Waals surface area contributed by atoms with Crippen LogP contribution in [0, 0.1) is 0 Å². The van der Waals surface area contributed by atoms with E-state index in [4.69, 9.17) is 0 Å². The van der Waals surface area contributed by atoms with Crippen molar-refractivity contribution < 1.29 is 0 Å². The van der Waals surface area contributed by atoms with Gasteiger partial charge in [-0.3, -0.25) is 0 Å². The molecule has 0 saturated heterocycles. The molecule has 0 bridgehead atoms. The molecule has 58 heavy (non-hydrogen) atoms. The molecule has 0 N–H and O–H groups in total. The molecule has 0 heteroatoms. The molecule has 0 heterocycles. The van der Waals surface area contributed by atoms with E-state index in [1.54, 1.807) is 0 Å². The number of hydrogen-bond acceptors (Lipinski definition) is 0. The van der Waals surface area contributed by atoms with Gasteiger partial charge in [-0.25, -0.2) is 0 Å². The van der Waals surface area contributed by atoms with E-state index in [-0.39, 0.29) is 0 Å². The van der Waals surface area contributed by atoms with Crippen molar-refractivity contribution in [2.45, 2.75) is 0 Å². The molecule has 0 aliphatic carbocycles. The Labute approximate surface area is 336 Å². The summed E-state index contributed by atoms with van der Waals surface area (Å²) in [6.07, 6.45) is 0. The van der Waals surface area contributed by atoms with E-state index in [1.807, 2.05) is 0 Å². The van der Waals surface area contributed by atoms with Crippen molar-refractivity contribution >= 4 is 75.4 Å². The second-order valence-corrected chi connectivity index (χ2v) is 15.5. The van der Waals surface area contributed by atoms with Gasteiger partial charge < -0.3 is 0 Å². The maximum atomic E-state index is 2.48. The summed E-state index contributed by atoms with van der Waals surface area (Å²) in [6.45, 7) is 0. The smallest absolute Gasteiger partial charge is 0.00197 e. The van der Waals surface area contributed by atoms with Gasteiger partial charge in [-0.05, 0) is 138 Å². The molecular weight excluding hydrogens is 697 g/mol. The van der Waals surface area contributed by atoms with Crippen LogP contribution < -0.4 is 0 Å². The van der Waals surface area contributed by atoms with Gasteiger partial charge in [0.05, 0.1) is 0 Å². The summed E-state index contributed by atoms with van der Waals surface area (Å²) in [4.78, 5) is 0. The van der Waals surface area contributed by atoms with Crippen LogP contribution in [0.3, 0.4) is 0 Å². The highest BCUT2D eigenvalue weighted by Gasteiger charge is 2.22. The second-order valence-electron chi connectivity index (χ2n) is 15.5. The molecule has 0 aromatic heterocycles. The maximum absolute atomic E-state index is 2.48. The van der Waals surface area contributed by atoms with Crippen LogP contribution in [0.15, 0.2) is 218 Å². The molecule has 12 aromatic rings. The zero-order valence-electron chi connectivity index (χ0n) is 31.8. The first kappa shape index (κ1) is 32.7. The van der Waals surface area contributed by atoms with E-state index in [1.165, 1.54) is 120 Å². The van der Waals surface area contributed by atoms with Gasteiger partial charge in [0.1, 0.15) is 0 Å². The molecule has 12 aromatic carbocycles. The fourth-order valence-electron chi connectivity index (χ4n) is 9.80. The summed E-state index contributed by atoms with van der Waals surface area (Å²) in [5, 5.41) is 17.6. The van der Waals surface area contributed by atoms with Crippen molar-refractivity contribution in [3.8, 4) is 44.5 Å². The third kappa shape index (κ3) is 5.02.